The first kappa shape index (κ1) is 16.2. The Balaban J connectivity index is 1.62. The lowest BCUT2D eigenvalue weighted by molar-refractivity contribution is -0.136. The van der Waals surface area contributed by atoms with E-state index in [2.05, 4.69) is 10.6 Å². The molecule has 3 N–H and O–H groups in total. The van der Waals surface area contributed by atoms with Crippen molar-refractivity contribution in [3.05, 3.63) is 65.2 Å². The smallest absolute Gasteiger partial charge is 0.313 e. The zero-order valence-electron chi connectivity index (χ0n) is 13.5. The number of aryl methyl sites for hydroxylation is 2. The monoisotopic (exact) mass is 324 g/mol. The Morgan fingerprint density at radius 2 is 1.79 bits per heavy atom. The molecular formula is C19H20N2O3. The number of amides is 2. The van der Waals surface area contributed by atoms with Crippen molar-refractivity contribution < 1.29 is 14.7 Å². The molecule has 3 rings (SSSR count). The number of hydrogen-bond acceptors (Lipinski definition) is 3. The summed E-state index contributed by atoms with van der Waals surface area (Å²) in [6, 6.07) is 14.9. The molecule has 5 heteroatoms. The molecule has 1 aliphatic carbocycles. The standard InChI is InChI=1S/C19H20N2O3/c1-13-6-2-5-9-16(13)21-18(23)17(22)20-12-19(24)11-10-14-7-3-4-8-15(14)19/h2-9,24H,10-12H2,1H3,(H,20,22)(H,21,23). The largest absolute Gasteiger partial charge is 0.383 e. The molecule has 1 atom stereocenters. The molecule has 0 radical (unpaired) electrons. The summed E-state index contributed by atoms with van der Waals surface area (Å²) in [5.41, 5.74) is 2.27. The highest BCUT2D eigenvalue weighted by Gasteiger charge is 2.37. The van der Waals surface area contributed by atoms with Crippen LogP contribution in [0.25, 0.3) is 0 Å². The van der Waals surface area contributed by atoms with Gasteiger partial charge in [-0.25, -0.2) is 0 Å². The highest BCUT2D eigenvalue weighted by atomic mass is 16.3. The van der Waals surface area contributed by atoms with Crippen molar-refractivity contribution in [1.29, 1.82) is 0 Å². The number of hydrogen-bond donors (Lipinski definition) is 3. The number of aliphatic hydroxyl groups is 1. The molecule has 0 spiro atoms. The first-order chi connectivity index (χ1) is 11.5. The Kier molecular flexibility index (Phi) is 4.36. The molecule has 0 heterocycles. The van der Waals surface area contributed by atoms with Gasteiger partial charge in [0.25, 0.3) is 0 Å². The van der Waals surface area contributed by atoms with Crippen molar-refractivity contribution in [1.82, 2.24) is 5.32 Å². The lowest BCUT2D eigenvalue weighted by atomic mass is 9.96. The van der Waals surface area contributed by atoms with Crippen molar-refractivity contribution in [2.24, 2.45) is 0 Å². The lowest BCUT2D eigenvalue weighted by Crippen LogP contribution is -2.43. The molecule has 0 bridgehead atoms. The Morgan fingerprint density at radius 1 is 1.08 bits per heavy atom. The predicted octanol–water partition coefficient (Wildman–Crippen LogP) is 1.88. The molecule has 0 aliphatic heterocycles. The summed E-state index contributed by atoms with van der Waals surface area (Å²) >= 11 is 0. The number of carbonyl (C=O) groups excluding carboxylic acids is 2. The van der Waals surface area contributed by atoms with Crippen molar-refractivity contribution >= 4 is 17.5 Å². The minimum absolute atomic E-state index is 0.0179. The number of fused-ring (bicyclic) bond motifs is 1. The Bertz CT molecular complexity index is 788. The number of nitrogens with one attached hydrogen (secondary N) is 2. The molecule has 1 aliphatic rings. The van der Waals surface area contributed by atoms with Gasteiger partial charge < -0.3 is 15.7 Å². The quantitative estimate of drug-likeness (QED) is 0.754. The second-order valence-corrected chi connectivity index (χ2v) is 6.14. The molecule has 0 aromatic heterocycles. The van der Waals surface area contributed by atoms with E-state index in [0.717, 1.165) is 23.1 Å². The van der Waals surface area contributed by atoms with Gasteiger partial charge in [0.1, 0.15) is 5.60 Å². The zero-order chi connectivity index (χ0) is 17.2. The minimum Gasteiger partial charge on any atom is -0.383 e. The Morgan fingerprint density at radius 3 is 2.58 bits per heavy atom. The van der Waals surface area contributed by atoms with Gasteiger partial charge in [-0.2, -0.15) is 0 Å². The normalized spacial score (nSPS) is 18.8. The topological polar surface area (TPSA) is 78.4 Å². The molecule has 1 unspecified atom stereocenters. The third-order valence-corrected chi connectivity index (χ3v) is 4.47. The minimum atomic E-state index is -1.12. The fraction of sp³-hybridized carbons (Fsp3) is 0.263. The van der Waals surface area contributed by atoms with E-state index in [9.17, 15) is 14.7 Å². The highest BCUT2D eigenvalue weighted by molar-refractivity contribution is 6.39. The number of carbonyl (C=O) groups is 2. The first-order valence-electron chi connectivity index (χ1n) is 7.95. The summed E-state index contributed by atoms with van der Waals surface area (Å²) in [6.07, 6.45) is 1.30. The third-order valence-electron chi connectivity index (χ3n) is 4.47. The van der Waals surface area contributed by atoms with Gasteiger partial charge >= 0.3 is 11.8 Å². The second kappa shape index (κ2) is 6.45. The molecular weight excluding hydrogens is 304 g/mol. The van der Waals surface area contributed by atoms with Crippen molar-refractivity contribution in [3.8, 4) is 0 Å². The second-order valence-electron chi connectivity index (χ2n) is 6.14. The van der Waals surface area contributed by atoms with Crippen molar-refractivity contribution in [2.45, 2.75) is 25.4 Å². The fourth-order valence-corrected chi connectivity index (χ4v) is 3.05. The number of anilines is 1. The summed E-state index contributed by atoms with van der Waals surface area (Å²) in [7, 11) is 0. The van der Waals surface area contributed by atoms with E-state index in [1.54, 1.807) is 12.1 Å². The molecule has 2 amide bonds. The van der Waals surface area contributed by atoms with E-state index >= 15 is 0 Å². The van der Waals surface area contributed by atoms with E-state index in [4.69, 9.17) is 0 Å². The molecule has 0 saturated carbocycles. The van der Waals surface area contributed by atoms with Crippen LogP contribution in [0.5, 0.6) is 0 Å². The van der Waals surface area contributed by atoms with Gasteiger partial charge in [0.05, 0.1) is 6.54 Å². The first-order valence-corrected chi connectivity index (χ1v) is 7.95. The van der Waals surface area contributed by atoms with Crippen molar-refractivity contribution in [3.63, 3.8) is 0 Å². The molecule has 0 saturated heterocycles. The van der Waals surface area contributed by atoms with Crippen LogP contribution in [0, 0.1) is 6.92 Å². The van der Waals surface area contributed by atoms with Gasteiger partial charge in [0.2, 0.25) is 0 Å². The van der Waals surface area contributed by atoms with Crippen LogP contribution in [-0.2, 0) is 21.6 Å². The van der Waals surface area contributed by atoms with Crippen LogP contribution in [0.3, 0.4) is 0 Å². The van der Waals surface area contributed by atoms with E-state index < -0.39 is 17.4 Å². The SMILES string of the molecule is Cc1ccccc1NC(=O)C(=O)NCC1(O)CCc2ccccc21. The number of para-hydroxylation sites is 1. The predicted molar refractivity (Wildman–Crippen MR) is 91.5 cm³/mol. The molecule has 0 fully saturated rings. The summed E-state index contributed by atoms with van der Waals surface area (Å²) < 4.78 is 0. The van der Waals surface area contributed by atoms with E-state index in [0.29, 0.717) is 12.1 Å². The Hall–Kier alpha value is -2.66. The Labute approximate surface area is 140 Å². The summed E-state index contributed by atoms with van der Waals surface area (Å²) in [5.74, 6) is -1.49. The van der Waals surface area contributed by atoms with Gasteiger partial charge in [-0.15, -0.1) is 0 Å². The van der Waals surface area contributed by atoms with Crippen LogP contribution in [0.4, 0.5) is 5.69 Å². The molecule has 5 nitrogen and oxygen atoms in total. The maximum Gasteiger partial charge on any atom is 0.313 e. The average molecular weight is 324 g/mol. The molecule has 2 aromatic rings. The van der Waals surface area contributed by atoms with Gasteiger partial charge in [-0.1, -0.05) is 42.5 Å². The molecule has 124 valence electrons. The van der Waals surface area contributed by atoms with Crippen LogP contribution in [0.2, 0.25) is 0 Å². The zero-order valence-corrected chi connectivity index (χ0v) is 13.5. The molecule has 24 heavy (non-hydrogen) atoms. The average Bonchev–Trinajstić information content (AvgIpc) is 2.93. The van der Waals surface area contributed by atoms with Gasteiger partial charge in [-0.3, -0.25) is 9.59 Å². The van der Waals surface area contributed by atoms with E-state index in [1.165, 1.54) is 0 Å². The highest BCUT2D eigenvalue weighted by Crippen LogP contribution is 2.36. The van der Waals surface area contributed by atoms with Crippen LogP contribution in [0.1, 0.15) is 23.1 Å². The molecule has 2 aromatic carbocycles. The summed E-state index contributed by atoms with van der Waals surface area (Å²) in [5, 5.41) is 15.9. The van der Waals surface area contributed by atoms with Crippen LogP contribution in [0.15, 0.2) is 48.5 Å². The van der Waals surface area contributed by atoms with Crippen LogP contribution in [-0.4, -0.2) is 23.5 Å². The number of rotatable bonds is 3. The third kappa shape index (κ3) is 3.16. The maximum atomic E-state index is 12.0. The van der Waals surface area contributed by atoms with Crippen LogP contribution < -0.4 is 10.6 Å². The van der Waals surface area contributed by atoms with E-state index in [1.807, 2.05) is 43.3 Å². The van der Waals surface area contributed by atoms with Crippen LogP contribution >= 0.6 is 0 Å². The summed E-state index contributed by atoms with van der Waals surface area (Å²) in [6.45, 7) is 1.87. The lowest BCUT2D eigenvalue weighted by Gasteiger charge is -2.24. The maximum absolute atomic E-state index is 12.0. The fourth-order valence-electron chi connectivity index (χ4n) is 3.05. The van der Waals surface area contributed by atoms with Gasteiger partial charge in [0, 0.05) is 5.69 Å². The number of benzene rings is 2. The van der Waals surface area contributed by atoms with Gasteiger partial charge in [-0.05, 0) is 42.5 Å². The van der Waals surface area contributed by atoms with Crippen molar-refractivity contribution in [2.75, 3.05) is 11.9 Å². The van der Waals surface area contributed by atoms with E-state index in [-0.39, 0.29) is 6.54 Å². The summed E-state index contributed by atoms with van der Waals surface area (Å²) in [4.78, 5) is 24.0. The van der Waals surface area contributed by atoms with Gasteiger partial charge in [0.15, 0.2) is 0 Å².